The lowest BCUT2D eigenvalue weighted by Crippen LogP contribution is -2.30. The minimum atomic E-state index is -0.634. The lowest BCUT2D eigenvalue weighted by atomic mass is 10.1. The maximum absolute atomic E-state index is 12.7. The number of aliphatic hydroxyl groups excluding tert-OH is 2. The molecule has 0 saturated heterocycles. The van der Waals surface area contributed by atoms with E-state index in [1.807, 2.05) is 0 Å². The Balaban J connectivity index is 1.77. The van der Waals surface area contributed by atoms with Gasteiger partial charge in [-0.25, -0.2) is 4.39 Å². The van der Waals surface area contributed by atoms with Crippen molar-refractivity contribution < 1.29 is 14.6 Å². The van der Waals surface area contributed by atoms with Crippen LogP contribution in [0.2, 0.25) is 0 Å². The molecule has 1 unspecified atom stereocenters. The van der Waals surface area contributed by atoms with Gasteiger partial charge < -0.3 is 15.5 Å². The highest BCUT2D eigenvalue weighted by Gasteiger charge is 2.41. The first-order valence-corrected chi connectivity index (χ1v) is 5.90. The van der Waals surface area contributed by atoms with Gasteiger partial charge in [-0.15, -0.1) is 0 Å². The molecule has 0 bridgehead atoms. The zero-order valence-corrected chi connectivity index (χ0v) is 9.69. The molecular formula is C13H18FNO2. The second-order valence-corrected chi connectivity index (χ2v) is 4.86. The van der Waals surface area contributed by atoms with Crippen molar-refractivity contribution in [1.29, 1.82) is 0 Å². The molecule has 1 aromatic rings. The average molecular weight is 239 g/mol. The number of nitrogens with one attached hydrogen (secondary N) is 1. The SMILES string of the molecule is OCC1(CNCC(O)c2ccc(F)cc2)CC1. The van der Waals surface area contributed by atoms with E-state index in [2.05, 4.69) is 5.32 Å². The third-order valence-corrected chi connectivity index (χ3v) is 3.38. The highest BCUT2D eigenvalue weighted by molar-refractivity contribution is 5.18. The number of aliphatic hydroxyl groups is 2. The van der Waals surface area contributed by atoms with Crippen molar-refractivity contribution in [3.8, 4) is 0 Å². The molecule has 1 aliphatic carbocycles. The Kier molecular flexibility index (Phi) is 3.76. The largest absolute Gasteiger partial charge is 0.396 e. The van der Waals surface area contributed by atoms with E-state index >= 15 is 0 Å². The molecule has 0 aliphatic heterocycles. The van der Waals surface area contributed by atoms with Gasteiger partial charge in [0.1, 0.15) is 5.82 Å². The van der Waals surface area contributed by atoms with E-state index in [1.165, 1.54) is 12.1 Å². The predicted molar refractivity (Wildman–Crippen MR) is 63.0 cm³/mol. The van der Waals surface area contributed by atoms with Gasteiger partial charge in [0.15, 0.2) is 0 Å². The van der Waals surface area contributed by atoms with Crippen LogP contribution in [0.5, 0.6) is 0 Å². The van der Waals surface area contributed by atoms with Crippen LogP contribution in [0.1, 0.15) is 24.5 Å². The molecule has 0 amide bonds. The zero-order chi connectivity index (χ0) is 12.3. The summed E-state index contributed by atoms with van der Waals surface area (Å²) in [5, 5.41) is 22.1. The summed E-state index contributed by atoms with van der Waals surface area (Å²) in [4.78, 5) is 0. The molecule has 1 saturated carbocycles. The molecule has 0 radical (unpaired) electrons. The first-order valence-electron chi connectivity index (χ1n) is 5.90. The quantitative estimate of drug-likeness (QED) is 0.699. The lowest BCUT2D eigenvalue weighted by Gasteiger charge is -2.16. The summed E-state index contributed by atoms with van der Waals surface area (Å²) in [5.41, 5.74) is 0.746. The summed E-state index contributed by atoms with van der Waals surface area (Å²) in [5.74, 6) is -0.300. The van der Waals surface area contributed by atoms with Crippen LogP contribution in [0.3, 0.4) is 0 Å². The smallest absolute Gasteiger partial charge is 0.123 e. The van der Waals surface area contributed by atoms with Gasteiger partial charge in [0, 0.05) is 25.1 Å². The van der Waals surface area contributed by atoms with Crippen molar-refractivity contribution in [2.75, 3.05) is 19.7 Å². The molecular weight excluding hydrogens is 221 g/mol. The topological polar surface area (TPSA) is 52.5 Å². The van der Waals surface area contributed by atoms with Crippen molar-refractivity contribution in [1.82, 2.24) is 5.32 Å². The highest BCUT2D eigenvalue weighted by Crippen LogP contribution is 2.44. The molecule has 2 rings (SSSR count). The van der Waals surface area contributed by atoms with E-state index in [9.17, 15) is 9.50 Å². The van der Waals surface area contributed by atoms with Crippen LogP contribution < -0.4 is 5.32 Å². The second kappa shape index (κ2) is 5.12. The lowest BCUT2D eigenvalue weighted by molar-refractivity contribution is 0.162. The highest BCUT2D eigenvalue weighted by atomic mass is 19.1. The number of benzene rings is 1. The summed E-state index contributed by atoms with van der Waals surface area (Å²) in [7, 11) is 0. The van der Waals surface area contributed by atoms with Crippen molar-refractivity contribution in [2.24, 2.45) is 5.41 Å². The van der Waals surface area contributed by atoms with Crippen molar-refractivity contribution in [3.05, 3.63) is 35.6 Å². The molecule has 1 aromatic carbocycles. The van der Waals surface area contributed by atoms with Crippen molar-refractivity contribution in [2.45, 2.75) is 18.9 Å². The van der Waals surface area contributed by atoms with E-state index in [0.29, 0.717) is 12.1 Å². The first-order chi connectivity index (χ1) is 8.15. The van der Waals surface area contributed by atoms with E-state index in [1.54, 1.807) is 12.1 Å². The van der Waals surface area contributed by atoms with Gasteiger partial charge in [-0.3, -0.25) is 0 Å². The molecule has 3 nitrogen and oxygen atoms in total. The molecule has 0 heterocycles. The molecule has 1 aliphatic rings. The normalized spacial score (nSPS) is 19.0. The Morgan fingerprint density at radius 2 is 1.94 bits per heavy atom. The van der Waals surface area contributed by atoms with Crippen LogP contribution in [0.25, 0.3) is 0 Å². The van der Waals surface area contributed by atoms with E-state index in [-0.39, 0.29) is 17.8 Å². The Bertz CT molecular complexity index is 362. The average Bonchev–Trinajstić information content (AvgIpc) is 3.10. The minimum absolute atomic E-state index is 0.0442. The first kappa shape index (κ1) is 12.5. The maximum Gasteiger partial charge on any atom is 0.123 e. The molecule has 1 atom stereocenters. The molecule has 94 valence electrons. The molecule has 0 aromatic heterocycles. The van der Waals surface area contributed by atoms with E-state index in [0.717, 1.165) is 19.4 Å². The predicted octanol–water partition coefficient (Wildman–Crippen LogP) is 1.22. The number of rotatable bonds is 6. The molecule has 0 spiro atoms. The van der Waals surface area contributed by atoms with E-state index < -0.39 is 6.10 Å². The fourth-order valence-corrected chi connectivity index (χ4v) is 1.84. The summed E-state index contributed by atoms with van der Waals surface area (Å²) < 4.78 is 12.7. The Morgan fingerprint density at radius 3 is 2.47 bits per heavy atom. The molecule has 17 heavy (non-hydrogen) atoms. The summed E-state index contributed by atoms with van der Waals surface area (Å²) in [6, 6.07) is 5.85. The van der Waals surface area contributed by atoms with Gasteiger partial charge in [-0.05, 0) is 30.5 Å². The number of hydrogen-bond acceptors (Lipinski definition) is 3. The van der Waals surface area contributed by atoms with E-state index in [4.69, 9.17) is 5.11 Å². The minimum Gasteiger partial charge on any atom is -0.396 e. The van der Waals surface area contributed by atoms with Crippen LogP contribution in [0, 0.1) is 11.2 Å². The third kappa shape index (κ3) is 3.25. The Hall–Kier alpha value is -0.970. The standard InChI is InChI=1S/C13H18FNO2/c14-11-3-1-10(2-4-11)12(17)7-15-8-13(9-16)5-6-13/h1-4,12,15-17H,5-9H2. The van der Waals surface area contributed by atoms with Crippen LogP contribution in [-0.2, 0) is 0 Å². The van der Waals surface area contributed by atoms with Crippen molar-refractivity contribution >= 4 is 0 Å². The van der Waals surface area contributed by atoms with Gasteiger partial charge in [0.05, 0.1) is 6.10 Å². The second-order valence-electron chi connectivity index (χ2n) is 4.86. The fraction of sp³-hybridized carbons (Fsp3) is 0.538. The molecule has 3 N–H and O–H groups in total. The van der Waals surface area contributed by atoms with Gasteiger partial charge in [0.25, 0.3) is 0 Å². The summed E-state index contributed by atoms with van der Waals surface area (Å²) in [6.07, 6.45) is 1.46. The van der Waals surface area contributed by atoms with Gasteiger partial charge in [0.2, 0.25) is 0 Å². The Labute approximate surface area is 100 Å². The third-order valence-electron chi connectivity index (χ3n) is 3.38. The number of halogens is 1. The molecule has 1 fully saturated rings. The Morgan fingerprint density at radius 1 is 1.29 bits per heavy atom. The van der Waals surface area contributed by atoms with Crippen LogP contribution in [0.4, 0.5) is 4.39 Å². The van der Waals surface area contributed by atoms with Gasteiger partial charge >= 0.3 is 0 Å². The van der Waals surface area contributed by atoms with Crippen molar-refractivity contribution in [3.63, 3.8) is 0 Å². The van der Waals surface area contributed by atoms with Crippen LogP contribution >= 0.6 is 0 Å². The van der Waals surface area contributed by atoms with Gasteiger partial charge in [-0.2, -0.15) is 0 Å². The van der Waals surface area contributed by atoms with Crippen LogP contribution in [0.15, 0.2) is 24.3 Å². The van der Waals surface area contributed by atoms with Gasteiger partial charge in [-0.1, -0.05) is 12.1 Å². The fourth-order valence-electron chi connectivity index (χ4n) is 1.84. The van der Waals surface area contributed by atoms with Crippen LogP contribution in [-0.4, -0.2) is 29.9 Å². The monoisotopic (exact) mass is 239 g/mol. The zero-order valence-electron chi connectivity index (χ0n) is 9.69. The molecule has 4 heteroatoms. The summed E-state index contributed by atoms with van der Waals surface area (Å²) in [6.45, 7) is 1.35. The number of hydrogen-bond donors (Lipinski definition) is 3. The maximum atomic E-state index is 12.7. The summed E-state index contributed by atoms with van der Waals surface area (Å²) >= 11 is 0.